The zero-order valence-electron chi connectivity index (χ0n) is 14.2. The summed E-state index contributed by atoms with van der Waals surface area (Å²) in [6.07, 6.45) is 11.2. The van der Waals surface area contributed by atoms with Gasteiger partial charge in [0.25, 0.3) is 5.91 Å². The first-order valence-electron chi connectivity index (χ1n) is 7.72. The first-order chi connectivity index (χ1) is 12.5. The highest BCUT2D eigenvalue weighted by atomic mass is 16.1. The van der Waals surface area contributed by atoms with Crippen LogP contribution in [0.3, 0.4) is 0 Å². The van der Waals surface area contributed by atoms with Crippen LogP contribution in [0.1, 0.15) is 21.6 Å². The van der Waals surface area contributed by atoms with Gasteiger partial charge in [-0.15, -0.1) is 0 Å². The zero-order valence-corrected chi connectivity index (χ0v) is 14.2. The number of aromatic nitrogens is 2. The summed E-state index contributed by atoms with van der Waals surface area (Å²) in [6.45, 7) is 7.40. The average Bonchev–Trinajstić information content (AvgIpc) is 2.66. The van der Waals surface area contributed by atoms with Gasteiger partial charge in [-0.2, -0.15) is 4.99 Å². The second-order valence-electron chi connectivity index (χ2n) is 5.17. The Morgan fingerprint density at radius 2 is 1.96 bits per heavy atom. The van der Waals surface area contributed by atoms with Crippen LogP contribution in [-0.4, -0.2) is 21.7 Å². The molecule has 0 aliphatic carbocycles. The van der Waals surface area contributed by atoms with E-state index < -0.39 is 5.91 Å². The van der Waals surface area contributed by atoms with E-state index >= 15 is 0 Å². The van der Waals surface area contributed by atoms with E-state index in [0.717, 1.165) is 11.1 Å². The lowest BCUT2D eigenvalue weighted by Crippen LogP contribution is -2.14. The minimum absolute atomic E-state index is 0.0193. The summed E-state index contributed by atoms with van der Waals surface area (Å²) in [4.78, 5) is 24.2. The van der Waals surface area contributed by atoms with Gasteiger partial charge in [0.1, 0.15) is 11.5 Å². The van der Waals surface area contributed by atoms with Crippen molar-refractivity contribution in [3.05, 3.63) is 97.1 Å². The molecule has 2 rings (SSSR count). The van der Waals surface area contributed by atoms with Gasteiger partial charge in [-0.05, 0) is 35.4 Å². The van der Waals surface area contributed by atoms with Crippen molar-refractivity contribution in [2.75, 3.05) is 0 Å². The molecule has 0 aromatic carbocycles. The van der Waals surface area contributed by atoms with E-state index in [2.05, 4.69) is 28.1 Å². The largest absolute Gasteiger partial charge is 0.398 e. The molecular weight excluding hydrogens is 326 g/mol. The molecule has 6 heteroatoms. The number of rotatable bonds is 6. The van der Waals surface area contributed by atoms with E-state index in [1.54, 1.807) is 54.9 Å². The quantitative estimate of drug-likeness (QED) is 0.475. The second-order valence-corrected chi connectivity index (χ2v) is 5.17. The summed E-state index contributed by atoms with van der Waals surface area (Å²) in [6, 6.07) is 6.91. The minimum Gasteiger partial charge on any atom is -0.398 e. The summed E-state index contributed by atoms with van der Waals surface area (Å²) < 4.78 is 0. The number of hydrogen-bond donors (Lipinski definition) is 2. The predicted molar refractivity (Wildman–Crippen MR) is 105 cm³/mol. The lowest BCUT2D eigenvalue weighted by atomic mass is 10.1. The molecule has 0 saturated carbocycles. The number of amidine groups is 1. The fraction of sp³-hybridized carbons (Fsp3) is 0. The molecule has 0 radical (unpaired) electrons. The summed E-state index contributed by atoms with van der Waals surface area (Å²) in [5, 5.41) is 0. The molecule has 0 unspecified atom stereocenters. The van der Waals surface area contributed by atoms with Crippen molar-refractivity contribution in [1.29, 1.82) is 0 Å². The molecule has 0 aliphatic heterocycles. The summed E-state index contributed by atoms with van der Waals surface area (Å²) >= 11 is 0. The maximum Gasteiger partial charge on any atom is 0.297 e. The van der Waals surface area contributed by atoms with Crippen LogP contribution in [0.15, 0.2) is 85.3 Å². The van der Waals surface area contributed by atoms with Crippen molar-refractivity contribution >= 4 is 23.0 Å². The van der Waals surface area contributed by atoms with Gasteiger partial charge in [0.2, 0.25) is 0 Å². The Morgan fingerprint density at radius 1 is 1.15 bits per heavy atom. The first-order valence-corrected chi connectivity index (χ1v) is 7.72. The number of allylic oxidation sites excluding steroid dienone is 4. The molecule has 0 aliphatic rings. The molecule has 6 nitrogen and oxygen atoms in total. The van der Waals surface area contributed by atoms with Crippen LogP contribution in [-0.2, 0) is 0 Å². The molecule has 2 heterocycles. The minimum atomic E-state index is -0.568. The third kappa shape index (κ3) is 4.85. The van der Waals surface area contributed by atoms with E-state index in [-0.39, 0.29) is 11.5 Å². The number of carbonyl (C=O) groups is 1. The van der Waals surface area contributed by atoms with Crippen LogP contribution in [0.4, 0.5) is 0 Å². The second kappa shape index (κ2) is 8.89. The van der Waals surface area contributed by atoms with Gasteiger partial charge in [-0.25, -0.2) is 0 Å². The van der Waals surface area contributed by atoms with Crippen LogP contribution >= 0.6 is 0 Å². The van der Waals surface area contributed by atoms with Crippen LogP contribution < -0.4 is 11.5 Å². The fourth-order valence-electron chi connectivity index (χ4n) is 2.12. The van der Waals surface area contributed by atoms with Crippen LogP contribution in [0, 0.1) is 0 Å². The highest BCUT2D eigenvalue weighted by Gasteiger charge is 2.09. The van der Waals surface area contributed by atoms with Crippen LogP contribution in [0.2, 0.25) is 0 Å². The monoisotopic (exact) mass is 345 g/mol. The maximum absolute atomic E-state index is 12.3. The van der Waals surface area contributed by atoms with E-state index in [1.807, 2.05) is 0 Å². The highest BCUT2D eigenvalue weighted by Crippen LogP contribution is 2.16. The number of amides is 1. The molecular formula is C20H19N5O. The van der Waals surface area contributed by atoms with Gasteiger partial charge in [-0.1, -0.05) is 31.4 Å². The normalized spacial score (nSPS) is 12.5. The Kier molecular flexibility index (Phi) is 6.34. The van der Waals surface area contributed by atoms with Crippen LogP contribution in [0.25, 0.3) is 11.3 Å². The standard InChI is InChI=1S/C20H19N5O/c1-3-6-14(4-2)15-8-10-24-18(11-15)20(26)25-19(22)12-17(21)16-7-5-9-23-13-16/h3-13H,1-2,21H2,(H2,22,25,26)/b14-6+,17-12-. The maximum atomic E-state index is 12.3. The molecule has 2 aromatic rings. The van der Waals surface area contributed by atoms with Crippen molar-refractivity contribution in [3.8, 4) is 0 Å². The third-order valence-electron chi connectivity index (χ3n) is 3.36. The van der Waals surface area contributed by atoms with Crippen molar-refractivity contribution in [2.45, 2.75) is 0 Å². The summed E-state index contributed by atoms with van der Waals surface area (Å²) in [7, 11) is 0. The Hall–Kier alpha value is -3.80. The SMILES string of the molecule is C=C/C=C(\C=C)c1ccnc(C(=O)N=C(N)/C=C(\N)c2cccnc2)c1. The number of pyridine rings is 2. The molecule has 0 spiro atoms. The Bertz CT molecular complexity index is 911. The van der Waals surface area contributed by atoms with E-state index in [0.29, 0.717) is 11.3 Å². The molecule has 0 fully saturated rings. The number of aliphatic imine (C=N–C) groups is 1. The predicted octanol–water partition coefficient (Wildman–Crippen LogP) is 2.73. The van der Waals surface area contributed by atoms with Crippen molar-refractivity contribution < 1.29 is 4.79 Å². The molecule has 1 amide bonds. The third-order valence-corrected chi connectivity index (χ3v) is 3.36. The molecule has 0 bridgehead atoms. The van der Waals surface area contributed by atoms with Crippen molar-refractivity contribution in [2.24, 2.45) is 16.5 Å². The number of nitrogens with zero attached hydrogens (tertiary/aromatic N) is 3. The Labute approximate surface area is 152 Å². The lowest BCUT2D eigenvalue weighted by molar-refractivity contribution is 0.0998. The van der Waals surface area contributed by atoms with Gasteiger partial charge >= 0.3 is 0 Å². The van der Waals surface area contributed by atoms with E-state index in [4.69, 9.17) is 11.5 Å². The zero-order chi connectivity index (χ0) is 18.9. The molecule has 2 aromatic heterocycles. The molecule has 0 saturated heterocycles. The van der Waals surface area contributed by atoms with E-state index in [1.165, 1.54) is 12.3 Å². The van der Waals surface area contributed by atoms with E-state index in [9.17, 15) is 4.79 Å². The Balaban J connectivity index is 2.26. The summed E-state index contributed by atoms with van der Waals surface area (Å²) in [5.41, 5.74) is 14.5. The summed E-state index contributed by atoms with van der Waals surface area (Å²) in [5.74, 6) is -0.587. The van der Waals surface area contributed by atoms with Crippen molar-refractivity contribution in [1.82, 2.24) is 9.97 Å². The van der Waals surface area contributed by atoms with Gasteiger partial charge in [0.15, 0.2) is 0 Å². The van der Waals surface area contributed by atoms with Gasteiger partial charge in [0.05, 0.1) is 0 Å². The molecule has 4 N–H and O–H groups in total. The Morgan fingerprint density at radius 3 is 2.62 bits per heavy atom. The topological polar surface area (TPSA) is 107 Å². The van der Waals surface area contributed by atoms with Gasteiger partial charge in [-0.3, -0.25) is 14.8 Å². The average molecular weight is 345 g/mol. The van der Waals surface area contributed by atoms with Crippen molar-refractivity contribution in [3.63, 3.8) is 0 Å². The highest BCUT2D eigenvalue weighted by molar-refractivity contribution is 6.07. The van der Waals surface area contributed by atoms with Gasteiger partial charge < -0.3 is 11.5 Å². The molecule has 0 atom stereocenters. The van der Waals surface area contributed by atoms with Gasteiger partial charge in [0, 0.05) is 35.9 Å². The number of hydrogen-bond acceptors (Lipinski definition) is 4. The fourth-order valence-corrected chi connectivity index (χ4v) is 2.12. The number of carbonyl (C=O) groups excluding carboxylic acids is 1. The molecule has 130 valence electrons. The smallest absolute Gasteiger partial charge is 0.297 e. The molecule has 26 heavy (non-hydrogen) atoms. The number of nitrogens with two attached hydrogens (primary N) is 2. The lowest BCUT2D eigenvalue weighted by Gasteiger charge is -2.03. The van der Waals surface area contributed by atoms with Crippen LogP contribution in [0.5, 0.6) is 0 Å². The first kappa shape index (κ1) is 18.5.